The first-order chi connectivity index (χ1) is 10.2. The number of ether oxygens (including phenoxy) is 3. The first kappa shape index (κ1) is 14.0. The molecule has 21 heavy (non-hydrogen) atoms. The molecule has 0 amide bonds. The summed E-state index contributed by atoms with van der Waals surface area (Å²) in [5.41, 5.74) is 0.994. The first-order valence-electron chi connectivity index (χ1n) is 6.46. The number of rotatable bonds is 3. The van der Waals surface area contributed by atoms with Crippen LogP contribution in [-0.4, -0.2) is 30.4 Å². The van der Waals surface area contributed by atoms with Gasteiger partial charge in [-0.1, -0.05) is 11.6 Å². The molecule has 110 valence electrons. The van der Waals surface area contributed by atoms with Gasteiger partial charge in [-0.15, -0.1) is 0 Å². The lowest BCUT2D eigenvalue weighted by Gasteiger charge is -2.21. The predicted octanol–water partition coefficient (Wildman–Crippen LogP) is 2.60. The van der Waals surface area contributed by atoms with Crippen LogP contribution >= 0.6 is 11.6 Å². The van der Waals surface area contributed by atoms with Gasteiger partial charge in [0.15, 0.2) is 11.5 Å². The Morgan fingerprint density at radius 3 is 2.95 bits per heavy atom. The Morgan fingerprint density at radius 1 is 1.33 bits per heavy atom. The molecule has 1 aliphatic rings. The molecule has 0 aliphatic carbocycles. The molecule has 1 unspecified atom stereocenters. The van der Waals surface area contributed by atoms with Crippen molar-refractivity contribution < 1.29 is 19.3 Å². The maximum absolute atomic E-state index is 10.5. The predicted molar refractivity (Wildman–Crippen MR) is 77.3 cm³/mol. The van der Waals surface area contributed by atoms with Crippen LogP contribution in [-0.2, 0) is 0 Å². The molecule has 1 aromatic carbocycles. The zero-order valence-corrected chi connectivity index (χ0v) is 12.1. The van der Waals surface area contributed by atoms with E-state index in [0.29, 0.717) is 46.7 Å². The van der Waals surface area contributed by atoms with Crippen molar-refractivity contribution in [3.8, 4) is 17.2 Å². The Hall–Kier alpha value is -1.98. The van der Waals surface area contributed by atoms with Crippen LogP contribution < -0.4 is 14.2 Å². The van der Waals surface area contributed by atoms with Crippen LogP contribution in [0.4, 0.5) is 0 Å². The summed E-state index contributed by atoms with van der Waals surface area (Å²) < 4.78 is 16.2. The standard InChI is InChI=1S/C15H14ClNO4/c1-19-11-3-2-4-17-13(11)14(18)9-7-10(16)15-12(8-9)20-5-6-21-15/h2-4,7-8,14,18H,5-6H2,1H3. The zero-order chi connectivity index (χ0) is 14.8. The van der Waals surface area contributed by atoms with Crippen molar-refractivity contribution in [2.75, 3.05) is 20.3 Å². The molecule has 2 heterocycles. The highest BCUT2D eigenvalue weighted by molar-refractivity contribution is 6.32. The molecule has 5 nitrogen and oxygen atoms in total. The summed E-state index contributed by atoms with van der Waals surface area (Å²) in [5, 5.41) is 10.9. The lowest BCUT2D eigenvalue weighted by molar-refractivity contribution is 0.169. The van der Waals surface area contributed by atoms with Gasteiger partial charge in [0.05, 0.1) is 12.1 Å². The number of aliphatic hydroxyl groups is 1. The molecule has 1 N–H and O–H groups in total. The van der Waals surface area contributed by atoms with E-state index in [1.807, 2.05) is 0 Å². The van der Waals surface area contributed by atoms with Crippen LogP contribution in [0.3, 0.4) is 0 Å². The average molecular weight is 308 g/mol. The van der Waals surface area contributed by atoms with Gasteiger partial charge < -0.3 is 19.3 Å². The van der Waals surface area contributed by atoms with E-state index < -0.39 is 6.10 Å². The van der Waals surface area contributed by atoms with E-state index in [2.05, 4.69) is 4.98 Å². The van der Waals surface area contributed by atoms with Crippen molar-refractivity contribution in [2.24, 2.45) is 0 Å². The van der Waals surface area contributed by atoms with Gasteiger partial charge in [0, 0.05) is 6.20 Å². The van der Waals surface area contributed by atoms with Crippen molar-refractivity contribution in [3.05, 3.63) is 46.7 Å². The second-order valence-electron chi connectivity index (χ2n) is 4.52. The smallest absolute Gasteiger partial charge is 0.179 e. The summed E-state index contributed by atoms with van der Waals surface area (Å²) in [6.07, 6.45) is 0.634. The number of fused-ring (bicyclic) bond motifs is 1. The van der Waals surface area contributed by atoms with Crippen LogP contribution in [0.25, 0.3) is 0 Å². The fourth-order valence-electron chi connectivity index (χ4n) is 2.23. The van der Waals surface area contributed by atoms with Crippen molar-refractivity contribution in [1.29, 1.82) is 0 Å². The first-order valence-corrected chi connectivity index (χ1v) is 6.84. The fraction of sp³-hybridized carbons (Fsp3) is 0.267. The van der Waals surface area contributed by atoms with Crippen molar-refractivity contribution in [2.45, 2.75) is 6.10 Å². The lowest BCUT2D eigenvalue weighted by Crippen LogP contribution is -2.16. The third-order valence-electron chi connectivity index (χ3n) is 3.21. The molecule has 1 atom stereocenters. The van der Waals surface area contributed by atoms with Crippen LogP contribution in [0, 0.1) is 0 Å². The monoisotopic (exact) mass is 307 g/mol. The minimum absolute atomic E-state index is 0.399. The maximum atomic E-state index is 10.5. The van der Waals surface area contributed by atoms with Gasteiger partial charge in [-0.3, -0.25) is 4.98 Å². The summed E-state index contributed by atoms with van der Waals surface area (Å²) in [5.74, 6) is 1.54. The van der Waals surface area contributed by atoms with Crippen LogP contribution in [0.1, 0.15) is 17.4 Å². The molecule has 0 radical (unpaired) electrons. The molecule has 0 saturated carbocycles. The zero-order valence-electron chi connectivity index (χ0n) is 11.4. The van der Waals surface area contributed by atoms with Crippen molar-refractivity contribution >= 4 is 11.6 Å². The molecule has 3 rings (SSSR count). The topological polar surface area (TPSA) is 60.8 Å². The molecule has 0 fully saturated rings. The highest BCUT2D eigenvalue weighted by atomic mass is 35.5. The number of nitrogens with zero attached hydrogens (tertiary/aromatic N) is 1. The van der Waals surface area contributed by atoms with E-state index in [1.54, 1.807) is 30.5 Å². The highest BCUT2D eigenvalue weighted by Gasteiger charge is 2.22. The molecule has 1 aliphatic heterocycles. The summed E-state index contributed by atoms with van der Waals surface area (Å²) in [7, 11) is 1.53. The SMILES string of the molecule is COc1cccnc1C(O)c1cc(Cl)c2c(c1)OCCO2. The minimum Gasteiger partial charge on any atom is -0.495 e. The highest BCUT2D eigenvalue weighted by Crippen LogP contribution is 2.41. The van der Waals surface area contributed by atoms with Crippen LogP contribution in [0.2, 0.25) is 5.02 Å². The Morgan fingerprint density at radius 2 is 2.14 bits per heavy atom. The summed E-state index contributed by atoms with van der Waals surface area (Å²) in [6, 6.07) is 6.84. The summed E-state index contributed by atoms with van der Waals surface area (Å²) in [4.78, 5) is 4.18. The number of aromatic nitrogens is 1. The molecule has 0 saturated heterocycles. The van der Waals surface area contributed by atoms with Crippen LogP contribution in [0.15, 0.2) is 30.5 Å². The molecular formula is C15H14ClNO4. The van der Waals surface area contributed by atoms with E-state index in [1.165, 1.54) is 7.11 Å². The summed E-state index contributed by atoms with van der Waals surface area (Å²) >= 11 is 6.18. The van der Waals surface area contributed by atoms with Gasteiger partial charge in [-0.05, 0) is 29.8 Å². The minimum atomic E-state index is -0.963. The molecule has 2 aromatic rings. The Balaban J connectivity index is 2.02. The lowest BCUT2D eigenvalue weighted by atomic mass is 10.0. The van der Waals surface area contributed by atoms with Crippen molar-refractivity contribution in [1.82, 2.24) is 4.98 Å². The molecule has 1 aromatic heterocycles. The number of pyridine rings is 1. The average Bonchev–Trinajstić information content (AvgIpc) is 2.54. The Bertz CT molecular complexity index is 662. The fourth-order valence-corrected chi connectivity index (χ4v) is 2.50. The van der Waals surface area contributed by atoms with E-state index in [-0.39, 0.29) is 0 Å². The largest absolute Gasteiger partial charge is 0.495 e. The van der Waals surface area contributed by atoms with Gasteiger partial charge in [0.1, 0.15) is 30.8 Å². The summed E-state index contributed by atoms with van der Waals surface area (Å²) in [6.45, 7) is 0.915. The quantitative estimate of drug-likeness (QED) is 0.944. The van der Waals surface area contributed by atoms with Gasteiger partial charge in [-0.2, -0.15) is 0 Å². The maximum Gasteiger partial charge on any atom is 0.179 e. The number of methoxy groups -OCH3 is 1. The number of hydrogen-bond acceptors (Lipinski definition) is 5. The molecule has 0 spiro atoms. The molecule has 6 heteroatoms. The Kier molecular flexibility index (Phi) is 3.86. The number of aliphatic hydroxyl groups excluding tert-OH is 1. The van der Waals surface area contributed by atoms with Gasteiger partial charge in [-0.25, -0.2) is 0 Å². The second kappa shape index (κ2) is 5.79. The van der Waals surface area contributed by atoms with Gasteiger partial charge >= 0.3 is 0 Å². The number of benzene rings is 1. The van der Waals surface area contributed by atoms with E-state index in [9.17, 15) is 5.11 Å². The third-order valence-corrected chi connectivity index (χ3v) is 3.49. The van der Waals surface area contributed by atoms with Gasteiger partial charge in [0.2, 0.25) is 0 Å². The number of hydrogen-bond donors (Lipinski definition) is 1. The van der Waals surface area contributed by atoms with E-state index in [0.717, 1.165) is 0 Å². The molecule has 0 bridgehead atoms. The normalized spacial score (nSPS) is 14.6. The number of halogens is 1. The van der Waals surface area contributed by atoms with Gasteiger partial charge in [0.25, 0.3) is 0 Å². The van der Waals surface area contributed by atoms with E-state index >= 15 is 0 Å². The third kappa shape index (κ3) is 2.62. The molecular weight excluding hydrogens is 294 g/mol. The van der Waals surface area contributed by atoms with Crippen molar-refractivity contribution in [3.63, 3.8) is 0 Å². The Labute approximate surface area is 127 Å². The van der Waals surface area contributed by atoms with Crippen LogP contribution in [0.5, 0.6) is 17.2 Å². The van der Waals surface area contributed by atoms with E-state index in [4.69, 9.17) is 25.8 Å². The second-order valence-corrected chi connectivity index (χ2v) is 4.93.